The van der Waals surface area contributed by atoms with Crippen LogP contribution in [-0.4, -0.2) is 13.1 Å². The van der Waals surface area contributed by atoms with Gasteiger partial charge in [-0.2, -0.15) is 11.3 Å². The summed E-state index contributed by atoms with van der Waals surface area (Å²) < 4.78 is 18.1. The van der Waals surface area contributed by atoms with Gasteiger partial charge >= 0.3 is 5.97 Å². The van der Waals surface area contributed by atoms with Crippen LogP contribution in [0.3, 0.4) is 0 Å². The Morgan fingerprint density at radius 1 is 1.42 bits per heavy atom. The normalized spacial score (nSPS) is 11.9. The van der Waals surface area contributed by atoms with E-state index < -0.39 is 12.0 Å². The number of halogens is 1. The van der Waals surface area contributed by atoms with Crippen LogP contribution in [0.1, 0.15) is 17.2 Å². The monoisotopic (exact) mass is 279 g/mol. The Morgan fingerprint density at radius 2 is 2.21 bits per heavy atom. The number of carbonyl (C=O) groups excluding carboxylic acids is 1. The molecule has 1 atom stereocenters. The van der Waals surface area contributed by atoms with Crippen molar-refractivity contribution in [2.45, 2.75) is 13.0 Å². The minimum absolute atomic E-state index is 0.337. The second-order valence-corrected chi connectivity index (χ2v) is 4.95. The zero-order valence-electron chi connectivity index (χ0n) is 10.6. The van der Waals surface area contributed by atoms with Gasteiger partial charge in [-0.25, -0.2) is 9.18 Å². The lowest BCUT2D eigenvalue weighted by atomic mass is 10.1. The lowest BCUT2D eigenvalue weighted by molar-refractivity contribution is -0.141. The predicted octanol–water partition coefficient (Wildman–Crippen LogP) is 3.52. The fourth-order valence-corrected chi connectivity index (χ4v) is 2.51. The molecule has 0 aliphatic carbocycles. The quantitative estimate of drug-likeness (QED) is 0.870. The summed E-state index contributed by atoms with van der Waals surface area (Å²) in [5.74, 6) is -0.739. The van der Waals surface area contributed by atoms with E-state index in [1.165, 1.54) is 30.6 Å². The van der Waals surface area contributed by atoms with Crippen molar-refractivity contribution in [1.29, 1.82) is 0 Å². The molecule has 1 aromatic heterocycles. The maximum atomic E-state index is 13.3. The molecule has 0 radical (unpaired) electrons. The van der Waals surface area contributed by atoms with Gasteiger partial charge < -0.3 is 10.1 Å². The highest BCUT2D eigenvalue weighted by Gasteiger charge is 2.21. The van der Waals surface area contributed by atoms with E-state index >= 15 is 0 Å². The molecule has 1 aromatic carbocycles. The molecule has 2 aromatic rings. The Balaban J connectivity index is 2.28. The molecule has 0 fully saturated rings. The largest absolute Gasteiger partial charge is 0.467 e. The molecule has 0 spiro atoms. The summed E-state index contributed by atoms with van der Waals surface area (Å²) in [4.78, 5) is 11.8. The maximum Gasteiger partial charge on any atom is 0.333 e. The number of carbonyl (C=O) groups is 1. The van der Waals surface area contributed by atoms with Crippen LogP contribution in [0, 0.1) is 12.7 Å². The first-order valence-electron chi connectivity index (χ1n) is 5.74. The number of rotatable bonds is 4. The molecular formula is C14H14FNO2S. The molecule has 3 nitrogen and oxygen atoms in total. The van der Waals surface area contributed by atoms with Gasteiger partial charge in [-0.3, -0.25) is 0 Å². The average Bonchev–Trinajstić information content (AvgIpc) is 2.87. The number of esters is 1. The van der Waals surface area contributed by atoms with Crippen molar-refractivity contribution in [3.05, 3.63) is 52.0 Å². The first kappa shape index (κ1) is 13.5. The van der Waals surface area contributed by atoms with E-state index in [-0.39, 0.29) is 5.82 Å². The van der Waals surface area contributed by atoms with Gasteiger partial charge in [-0.1, -0.05) is 0 Å². The van der Waals surface area contributed by atoms with Crippen LogP contribution in [0.15, 0.2) is 35.0 Å². The van der Waals surface area contributed by atoms with Crippen molar-refractivity contribution >= 4 is 23.0 Å². The summed E-state index contributed by atoms with van der Waals surface area (Å²) in [6.45, 7) is 1.80. The highest BCUT2D eigenvalue weighted by Crippen LogP contribution is 2.24. The smallest absolute Gasteiger partial charge is 0.333 e. The Kier molecular flexibility index (Phi) is 4.16. The minimum atomic E-state index is -0.627. The van der Waals surface area contributed by atoms with E-state index in [2.05, 4.69) is 5.32 Å². The van der Waals surface area contributed by atoms with Crippen LogP contribution < -0.4 is 5.32 Å². The summed E-state index contributed by atoms with van der Waals surface area (Å²) in [7, 11) is 1.33. The van der Waals surface area contributed by atoms with E-state index in [0.29, 0.717) is 5.69 Å². The van der Waals surface area contributed by atoms with Gasteiger partial charge in [0.2, 0.25) is 0 Å². The fourth-order valence-electron chi connectivity index (χ4n) is 1.82. The number of methoxy groups -OCH3 is 1. The standard InChI is InChI=1S/C14H14FNO2S/c1-9-5-11(15)7-12(6-9)16-13(14(17)18-2)10-3-4-19-8-10/h3-8,13,16H,1-2H3. The van der Waals surface area contributed by atoms with Crippen LogP contribution in [0.25, 0.3) is 0 Å². The summed E-state index contributed by atoms with van der Waals surface area (Å²) >= 11 is 1.49. The van der Waals surface area contributed by atoms with Gasteiger partial charge in [-0.15, -0.1) is 0 Å². The summed E-state index contributed by atoms with van der Waals surface area (Å²) in [6, 6.07) is 5.78. The minimum Gasteiger partial charge on any atom is -0.467 e. The lowest BCUT2D eigenvalue weighted by Crippen LogP contribution is -2.21. The third-order valence-electron chi connectivity index (χ3n) is 2.67. The molecule has 1 N–H and O–H groups in total. The van der Waals surface area contributed by atoms with Crippen molar-refractivity contribution in [2.24, 2.45) is 0 Å². The molecule has 0 amide bonds. The average molecular weight is 279 g/mol. The van der Waals surface area contributed by atoms with Gasteiger partial charge in [-0.05, 0) is 53.1 Å². The molecule has 0 aliphatic rings. The Hall–Kier alpha value is -1.88. The SMILES string of the molecule is COC(=O)C(Nc1cc(C)cc(F)c1)c1ccsc1. The number of nitrogens with one attached hydrogen (secondary N) is 1. The first-order valence-corrected chi connectivity index (χ1v) is 6.68. The van der Waals surface area contributed by atoms with E-state index in [0.717, 1.165) is 11.1 Å². The Bertz CT molecular complexity index is 549. The van der Waals surface area contributed by atoms with Gasteiger partial charge in [0.05, 0.1) is 7.11 Å². The number of aryl methyl sites for hydroxylation is 1. The van der Waals surface area contributed by atoms with E-state index in [4.69, 9.17) is 4.74 Å². The molecule has 1 heterocycles. The van der Waals surface area contributed by atoms with Crippen molar-refractivity contribution < 1.29 is 13.9 Å². The third-order valence-corrected chi connectivity index (χ3v) is 3.37. The zero-order chi connectivity index (χ0) is 13.8. The van der Waals surface area contributed by atoms with Crippen molar-refractivity contribution in [3.63, 3.8) is 0 Å². The molecule has 5 heteroatoms. The fraction of sp³-hybridized carbons (Fsp3) is 0.214. The molecule has 19 heavy (non-hydrogen) atoms. The lowest BCUT2D eigenvalue weighted by Gasteiger charge is -2.17. The number of anilines is 1. The molecule has 1 unspecified atom stereocenters. The molecule has 100 valence electrons. The molecule has 0 aliphatic heterocycles. The number of ether oxygens (including phenoxy) is 1. The highest BCUT2D eigenvalue weighted by molar-refractivity contribution is 7.08. The van der Waals surface area contributed by atoms with E-state index in [1.807, 2.05) is 16.8 Å². The van der Waals surface area contributed by atoms with Gasteiger partial charge in [0.25, 0.3) is 0 Å². The van der Waals surface area contributed by atoms with Crippen molar-refractivity contribution in [2.75, 3.05) is 12.4 Å². The number of hydrogen-bond donors (Lipinski definition) is 1. The highest BCUT2D eigenvalue weighted by atomic mass is 32.1. The topological polar surface area (TPSA) is 38.3 Å². The number of benzene rings is 1. The van der Waals surface area contributed by atoms with Gasteiger partial charge in [0.1, 0.15) is 5.82 Å². The second-order valence-electron chi connectivity index (χ2n) is 4.17. The molecule has 2 rings (SSSR count). The van der Waals surface area contributed by atoms with Gasteiger partial charge in [0.15, 0.2) is 6.04 Å². The zero-order valence-corrected chi connectivity index (χ0v) is 11.5. The Labute approximate surface area is 115 Å². The predicted molar refractivity (Wildman–Crippen MR) is 73.8 cm³/mol. The molecular weight excluding hydrogens is 265 g/mol. The van der Waals surface area contributed by atoms with Crippen LogP contribution in [-0.2, 0) is 9.53 Å². The first-order chi connectivity index (χ1) is 9.10. The maximum absolute atomic E-state index is 13.3. The number of hydrogen-bond acceptors (Lipinski definition) is 4. The molecule has 0 bridgehead atoms. The van der Waals surface area contributed by atoms with Crippen LogP contribution in [0.5, 0.6) is 0 Å². The summed E-state index contributed by atoms with van der Waals surface area (Å²) in [5, 5.41) is 6.75. The van der Waals surface area contributed by atoms with Crippen LogP contribution >= 0.6 is 11.3 Å². The number of thiophene rings is 1. The summed E-state index contributed by atoms with van der Waals surface area (Å²) in [5.41, 5.74) is 2.15. The summed E-state index contributed by atoms with van der Waals surface area (Å²) in [6.07, 6.45) is 0. The van der Waals surface area contributed by atoms with Crippen molar-refractivity contribution in [3.8, 4) is 0 Å². The van der Waals surface area contributed by atoms with Crippen LogP contribution in [0.2, 0.25) is 0 Å². The van der Waals surface area contributed by atoms with Crippen molar-refractivity contribution in [1.82, 2.24) is 0 Å². The third kappa shape index (κ3) is 3.32. The van der Waals surface area contributed by atoms with E-state index in [1.54, 1.807) is 13.0 Å². The molecule has 0 saturated heterocycles. The van der Waals surface area contributed by atoms with Crippen LogP contribution in [0.4, 0.5) is 10.1 Å². The molecule has 0 saturated carbocycles. The second kappa shape index (κ2) is 5.84. The van der Waals surface area contributed by atoms with Gasteiger partial charge in [0, 0.05) is 5.69 Å². The van der Waals surface area contributed by atoms with E-state index in [9.17, 15) is 9.18 Å². The Morgan fingerprint density at radius 3 is 2.79 bits per heavy atom.